The van der Waals surface area contributed by atoms with E-state index in [0.29, 0.717) is 0 Å². The zero-order valence-electron chi connectivity index (χ0n) is 10.7. The molecule has 1 aromatic heterocycles. The fourth-order valence-electron chi connectivity index (χ4n) is 2.50. The SMILES string of the molecule is Cc1c(Br)c2ccccc2n1CCNCC1CC1. The van der Waals surface area contributed by atoms with Crippen LogP contribution in [0.3, 0.4) is 0 Å². The molecule has 0 radical (unpaired) electrons. The lowest BCUT2D eigenvalue weighted by Crippen LogP contribution is -2.22. The van der Waals surface area contributed by atoms with Gasteiger partial charge in [-0.2, -0.15) is 0 Å². The van der Waals surface area contributed by atoms with Crippen molar-refractivity contribution in [1.29, 1.82) is 0 Å². The second kappa shape index (κ2) is 5.06. The normalized spacial score (nSPS) is 15.4. The Bertz CT molecular complexity index is 555. The lowest BCUT2D eigenvalue weighted by molar-refractivity contribution is 0.579. The maximum Gasteiger partial charge on any atom is 0.0494 e. The highest BCUT2D eigenvalue weighted by Crippen LogP contribution is 2.30. The molecule has 1 fully saturated rings. The van der Waals surface area contributed by atoms with Crippen LogP contribution >= 0.6 is 15.9 Å². The van der Waals surface area contributed by atoms with Crippen molar-refractivity contribution in [3.8, 4) is 0 Å². The Labute approximate surface area is 116 Å². The number of hydrogen-bond donors (Lipinski definition) is 1. The predicted molar refractivity (Wildman–Crippen MR) is 80.0 cm³/mol. The van der Waals surface area contributed by atoms with Gasteiger partial charge in [0.2, 0.25) is 0 Å². The lowest BCUT2D eigenvalue weighted by atomic mass is 10.2. The average Bonchev–Trinajstić information content (AvgIpc) is 3.18. The first-order valence-electron chi connectivity index (χ1n) is 6.71. The van der Waals surface area contributed by atoms with Crippen molar-refractivity contribution < 1.29 is 0 Å². The molecule has 3 heteroatoms. The molecule has 1 heterocycles. The molecule has 2 nitrogen and oxygen atoms in total. The number of aromatic nitrogens is 1. The van der Waals surface area contributed by atoms with Crippen LogP contribution in [-0.4, -0.2) is 17.7 Å². The van der Waals surface area contributed by atoms with Crippen LogP contribution in [0.1, 0.15) is 18.5 Å². The third-order valence-electron chi connectivity index (χ3n) is 3.80. The van der Waals surface area contributed by atoms with E-state index in [4.69, 9.17) is 0 Å². The molecule has 1 N–H and O–H groups in total. The van der Waals surface area contributed by atoms with Crippen LogP contribution in [0.4, 0.5) is 0 Å². The summed E-state index contributed by atoms with van der Waals surface area (Å²) in [5.41, 5.74) is 2.65. The predicted octanol–water partition coefficient (Wildman–Crippen LogP) is 3.71. The van der Waals surface area contributed by atoms with E-state index < -0.39 is 0 Å². The van der Waals surface area contributed by atoms with E-state index in [1.165, 1.54) is 40.5 Å². The highest BCUT2D eigenvalue weighted by atomic mass is 79.9. The van der Waals surface area contributed by atoms with Gasteiger partial charge < -0.3 is 9.88 Å². The summed E-state index contributed by atoms with van der Waals surface area (Å²) in [5, 5.41) is 4.88. The Hall–Kier alpha value is -0.800. The van der Waals surface area contributed by atoms with Crippen molar-refractivity contribution in [2.75, 3.05) is 13.1 Å². The minimum atomic E-state index is 0.958. The van der Waals surface area contributed by atoms with Gasteiger partial charge in [-0.15, -0.1) is 0 Å². The molecule has 0 bridgehead atoms. The molecule has 0 atom stereocenters. The van der Waals surface area contributed by atoms with Gasteiger partial charge in [0, 0.05) is 34.2 Å². The number of benzene rings is 1. The Morgan fingerprint density at radius 3 is 2.89 bits per heavy atom. The van der Waals surface area contributed by atoms with E-state index in [0.717, 1.165) is 19.0 Å². The first kappa shape index (κ1) is 12.2. The van der Waals surface area contributed by atoms with Gasteiger partial charge in [0.05, 0.1) is 0 Å². The number of nitrogens with zero attached hydrogens (tertiary/aromatic N) is 1. The standard InChI is InChI=1S/C15H19BrN2/c1-11-15(16)13-4-2-3-5-14(13)18(11)9-8-17-10-12-6-7-12/h2-5,12,17H,6-10H2,1H3. The molecule has 1 saturated carbocycles. The summed E-state index contributed by atoms with van der Waals surface area (Å²) >= 11 is 3.70. The second-order valence-corrected chi connectivity index (χ2v) is 6.01. The van der Waals surface area contributed by atoms with Crippen LogP contribution in [0.5, 0.6) is 0 Å². The van der Waals surface area contributed by atoms with Crippen LogP contribution in [0, 0.1) is 12.8 Å². The number of hydrogen-bond acceptors (Lipinski definition) is 1. The van der Waals surface area contributed by atoms with Crippen LogP contribution in [0.2, 0.25) is 0 Å². The molecule has 0 unspecified atom stereocenters. The molecule has 0 aliphatic heterocycles. The van der Waals surface area contributed by atoms with Crippen molar-refractivity contribution in [2.24, 2.45) is 5.92 Å². The fraction of sp³-hybridized carbons (Fsp3) is 0.467. The van der Waals surface area contributed by atoms with E-state index in [1.54, 1.807) is 0 Å². The monoisotopic (exact) mass is 306 g/mol. The van der Waals surface area contributed by atoms with Crippen LogP contribution in [0.15, 0.2) is 28.7 Å². The molecule has 1 aliphatic carbocycles. The van der Waals surface area contributed by atoms with Crippen molar-refractivity contribution in [1.82, 2.24) is 9.88 Å². The number of halogens is 1. The molecular formula is C15H19BrN2. The van der Waals surface area contributed by atoms with Gasteiger partial charge in [-0.1, -0.05) is 18.2 Å². The summed E-state index contributed by atoms with van der Waals surface area (Å²) in [6.45, 7) is 5.48. The Morgan fingerprint density at radius 1 is 1.33 bits per heavy atom. The fourth-order valence-corrected chi connectivity index (χ4v) is 3.05. The van der Waals surface area contributed by atoms with Gasteiger partial charge in [-0.05, 0) is 54.2 Å². The molecular weight excluding hydrogens is 288 g/mol. The summed E-state index contributed by atoms with van der Waals surface area (Å²) in [5.74, 6) is 0.958. The highest BCUT2D eigenvalue weighted by Gasteiger charge is 2.20. The first-order valence-corrected chi connectivity index (χ1v) is 7.50. The summed E-state index contributed by atoms with van der Waals surface area (Å²) in [6, 6.07) is 8.60. The largest absolute Gasteiger partial charge is 0.342 e. The van der Waals surface area contributed by atoms with Gasteiger partial charge in [-0.25, -0.2) is 0 Å². The molecule has 18 heavy (non-hydrogen) atoms. The molecule has 1 aromatic carbocycles. The maximum absolute atomic E-state index is 3.70. The van der Waals surface area contributed by atoms with E-state index in [9.17, 15) is 0 Å². The topological polar surface area (TPSA) is 17.0 Å². The number of nitrogens with one attached hydrogen (secondary N) is 1. The van der Waals surface area contributed by atoms with Crippen molar-refractivity contribution in [3.63, 3.8) is 0 Å². The zero-order valence-corrected chi connectivity index (χ0v) is 12.3. The van der Waals surface area contributed by atoms with E-state index in [-0.39, 0.29) is 0 Å². The maximum atomic E-state index is 3.70. The van der Waals surface area contributed by atoms with E-state index in [2.05, 4.69) is 57.0 Å². The van der Waals surface area contributed by atoms with Crippen molar-refractivity contribution in [2.45, 2.75) is 26.3 Å². The molecule has 0 amide bonds. The third kappa shape index (κ3) is 2.34. The van der Waals surface area contributed by atoms with Crippen LogP contribution in [0.25, 0.3) is 10.9 Å². The lowest BCUT2D eigenvalue weighted by Gasteiger charge is -2.09. The second-order valence-electron chi connectivity index (χ2n) is 5.22. The Balaban J connectivity index is 1.75. The van der Waals surface area contributed by atoms with Gasteiger partial charge in [-0.3, -0.25) is 0 Å². The Morgan fingerprint density at radius 2 is 2.11 bits per heavy atom. The number of para-hydroxylation sites is 1. The zero-order chi connectivity index (χ0) is 12.5. The van der Waals surface area contributed by atoms with Gasteiger partial charge in [0.25, 0.3) is 0 Å². The van der Waals surface area contributed by atoms with E-state index >= 15 is 0 Å². The minimum Gasteiger partial charge on any atom is -0.342 e. The summed E-state index contributed by atoms with van der Waals surface area (Å²) in [6.07, 6.45) is 2.84. The van der Waals surface area contributed by atoms with Crippen molar-refractivity contribution in [3.05, 3.63) is 34.4 Å². The van der Waals surface area contributed by atoms with Crippen LogP contribution in [-0.2, 0) is 6.54 Å². The summed E-state index contributed by atoms with van der Waals surface area (Å²) in [4.78, 5) is 0. The Kier molecular flexibility index (Phi) is 3.44. The molecule has 0 spiro atoms. The molecule has 96 valence electrons. The van der Waals surface area contributed by atoms with Gasteiger partial charge in [0.1, 0.15) is 0 Å². The van der Waals surface area contributed by atoms with Gasteiger partial charge in [0.15, 0.2) is 0 Å². The average molecular weight is 307 g/mol. The summed E-state index contributed by atoms with van der Waals surface area (Å²) in [7, 11) is 0. The summed E-state index contributed by atoms with van der Waals surface area (Å²) < 4.78 is 3.64. The molecule has 0 saturated heterocycles. The quantitative estimate of drug-likeness (QED) is 0.833. The third-order valence-corrected chi connectivity index (χ3v) is 4.80. The molecule has 3 rings (SSSR count). The van der Waals surface area contributed by atoms with E-state index in [1.807, 2.05) is 0 Å². The smallest absolute Gasteiger partial charge is 0.0494 e. The van der Waals surface area contributed by atoms with Crippen LogP contribution < -0.4 is 5.32 Å². The molecule has 1 aliphatic rings. The van der Waals surface area contributed by atoms with Gasteiger partial charge >= 0.3 is 0 Å². The number of rotatable bonds is 5. The van der Waals surface area contributed by atoms with Crippen molar-refractivity contribution >= 4 is 26.8 Å². The highest BCUT2D eigenvalue weighted by molar-refractivity contribution is 9.10. The number of fused-ring (bicyclic) bond motifs is 1. The molecule has 2 aromatic rings. The minimum absolute atomic E-state index is 0.958. The first-order chi connectivity index (χ1) is 8.77.